The van der Waals surface area contributed by atoms with Gasteiger partial charge >= 0.3 is 0 Å². The van der Waals surface area contributed by atoms with Gasteiger partial charge in [-0.1, -0.05) is 5.18 Å². The van der Waals surface area contributed by atoms with Crippen LogP contribution >= 0.6 is 0 Å². The number of nitroso groups, excluding NO2 is 1. The summed E-state index contributed by atoms with van der Waals surface area (Å²) in [5, 5.41) is 38.5. The summed E-state index contributed by atoms with van der Waals surface area (Å²) in [7, 11) is 0. The molecule has 0 aliphatic heterocycles. The molecule has 12 heavy (non-hydrogen) atoms. The highest BCUT2D eigenvalue weighted by Gasteiger charge is 2.69. The normalized spacial score (nSPS) is 45.1. The third kappa shape index (κ3) is 1.04. The number of hydrogen-bond donors (Lipinski definition) is 4. The lowest BCUT2D eigenvalue weighted by Gasteiger charge is -2.17. The molecule has 1 aliphatic carbocycles. The molecule has 6 nitrogen and oxygen atoms in total. The summed E-state index contributed by atoms with van der Waals surface area (Å²) < 4.78 is 0. The van der Waals surface area contributed by atoms with E-state index in [4.69, 9.17) is 15.3 Å². The fraction of sp³-hybridized carbons (Fsp3) is 1.00. The number of aliphatic hydroxyl groups excluding tert-OH is 3. The highest BCUT2D eigenvalue weighted by molar-refractivity contribution is 5.21. The molecule has 0 spiro atoms. The molecule has 1 fully saturated rings. The van der Waals surface area contributed by atoms with Gasteiger partial charge in [-0.15, -0.1) is 0 Å². The average Bonchev–Trinajstić information content (AvgIpc) is 2.42. The Morgan fingerprint density at radius 2 is 1.83 bits per heavy atom. The van der Waals surface area contributed by atoms with Crippen molar-refractivity contribution in [2.45, 2.75) is 36.9 Å². The minimum absolute atomic E-state index is 1.20. The summed E-state index contributed by atoms with van der Waals surface area (Å²) in [6.45, 7) is 1.25. The minimum atomic E-state index is -1.96. The van der Waals surface area contributed by atoms with Crippen LogP contribution in [0, 0.1) is 4.91 Å². The van der Waals surface area contributed by atoms with Crippen LogP contribution in [0.25, 0.3) is 0 Å². The first kappa shape index (κ1) is 9.53. The van der Waals surface area contributed by atoms with Crippen molar-refractivity contribution in [3.63, 3.8) is 0 Å². The molecule has 0 amide bonds. The second-order valence-corrected chi connectivity index (χ2v) is 3.07. The molecule has 0 aromatic rings. The van der Waals surface area contributed by atoms with Gasteiger partial charge in [0.1, 0.15) is 17.8 Å². The van der Waals surface area contributed by atoms with Gasteiger partial charge in [-0.25, -0.2) is 0 Å². The van der Waals surface area contributed by atoms with Crippen LogP contribution in [0.4, 0.5) is 0 Å². The first-order valence-electron chi connectivity index (χ1n) is 3.55. The first-order valence-corrected chi connectivity index (χ1v) is 3.55. The third-order valence-corrected chi connectivity index (χ3v) is 2.18. The van der Waals surface area contributed by atoms with Crippen LogP contribution in [0.5, 0.6) is 0 Å². The molecule has 1 rings (SSSR count). The standard InChI is InChI=1S/C6H11NO5/c1-2(8)3(7-12)6(11)4(9)5(6)10/h2-5,8-11H,1H3. The van der Waals surface area contributed by atoms with Crippen LogP contribution in [0.2, 0.25) is 0 Å². The Morgan fingerprint density at radius 1 is 1.42 bits per heavy atom. The van der Waals surface area contributed by atoms with E-state index in [0.717, 1.165) is 0 Å². The van der Waals surface area contributed by atoms with E-state index >= 15 is 0 Å². The van der Waals surface area contributed by atoms with Crippen LogP contribution in [0.3, 0.4) is 0 Å². The summed E-state index contributed by atoms with van der Waals surface area (Å²) >= 11 is 0. The predicted molar refractivity (Wildman–Crippen MR) is 38.2 cm³/mol. The van der Waals surface area contributed by atoms with E-state index in [2.05, 4.69) is 5.18 Å². The summed E-state index contributed by atoms with van der Waals surface area (Å²) in [6, 6.07) is -1.39. The van der Waals surface area contributed by atoms with Crippen molar-refractivity contribution in [2.24, 2.45) is 5.18 Å². The summed E-state index contributed by atoms with van der Waals surface area (Å²) in [6.07, 6.45) is -3.98. The number of aliphatic hydroxyl groups is 4. The van der Waals surface area contributed by atoms with Crippen LogP contribution < -0.4 is 0 Å². The lowest BCUT2D eigenvalue weighted by molar-refractivity contribution is 0.00232. The highest BCUT2D eigenvalue weighted by atomic mass is 16.4. The maximum absolute atomic E-state index is 10.1. The van der Waals surface area contributed by atoms with Gasteiger partial charge in [0.05, 0.1) is 6.10 Å². The Bertz CT molecular complexity index is 186. The highest BCUT2D eigenvalue weighted by Crippen LogP contribution is 2.42. The maximum Gasteiger partial charge on any atom is 0.151 e. The number of nitrogens with zero attached hydrogens (tertiary/aromatic N) is 1. The molecule has 0 bridgehead atoms. The minimum Gasteiger partial charge on any atom is -0.391 e. The van der Waals surface area contributed by atoms with Crippen LogP contribution in [0.15, 0.2) is 5.18 Å². The van der Waals surface area contributed by atoms with E-state index in [-0.39, 0.29) is 0 Å². The molecule has 0 radical (unpaired) electrons. The van der Waals surface area contributed by atoms with Crippen molar-refractivity contribution >= 4 is 0 Å². The molecule has 0 saturated heterocycles. The molecule has 0 aromatic heterocycles. The first-order chi connectivity index (χ1) is 5.46. The van der Waals surface area contributed by atoms with Crippen molar-refractivity contribution in [1.29, 1.82) is 0 Å². The van der Waals surface area contributed by atoms with Crippen LogP contribution in [-0.4, -0.2) is 50.4 Å². The fourth-order valence-electron chi connectivity index (χ4n) is 1.27. The van der Waals surface area contributed by atoms with E-state index in [1.165, 1.54) is 6.92 Å². The zero-order valence-corrected chi connectivity index (χ0v) is 6.45. The topological polar surface area (TPSA) is 110 Å². The monoisotopic (exact) mass is 177 g/mol. The van der Waals surface area contributed by atoms with E-state index < -0.39 is 30.0 Å². The van der Waals surface area contributed by atoms with Gasteiger partial charge in [0.25, 0.3) is 0 Å². The van der Waals surface area contributed by atoms with Crippen molar-refractivity contribution in [1.82, 2.24) is 0 Å². The van der Waals surface area contributed by atoms with Gasteiger partial charge in [-0.05, 0) is 6.92 Å². The lowest BCUT2D eigenvalue weighted by Crippen LogP contribution is -2.40. The zero-order valence-electron chi connectivity index (χ0n) is 6.45. The van der Waals surface area contributed by atoms with E-state index in [1.807, 2.05) is 0 Å². The molecule has 70 valence electrons. The van der Waals surface area contributed by atoms with Gasteiger partial charge < -0.3 is 20.4 Å². The third-order valence-electron chi connectivity index (χ3n) is 2.18. The Hall–Kier alpha value is -0.560. The number of rotatable bonds is 3. The molecule has 1 saturated carbocycles. The quantitative estimate of drug-likeness (QED) is 0.371. The Labute approximate surface area is 68.4 Å². The molecular formula is C6H11NO5. The summed E-state index contributed by atoms with van der Waals surface area (Å²) in [4.78, 5) is 10.1. The smallest absolute Gasteiger partial charge is 0.151 e. The van der Waals surface area contributed by atoms with Crippen LogP contribution in [0.1, 0.15) is 6.92 Å². The second-order valence-electron chi connectivity index (χ2n) is 3.07. The predicted octanol–water partition coefficient (Wildman–Crippen LogP) is -2.03. The molecule has 1 aliphatic rings. The van der Waals surface area contributed by atoms with Gasteiger partial charge in [-0.3, -0.25) is 0 Å². The van der Waals surface area contributed by atoms with Gasteiger partial charge in [0, 0.05) is 0 Å². The van der Waals surface area contributed by atoms with Gasteiger partial charge in [-0.2, -0.15) is 4.91 Å². The van der Waals surface area contributed by atoms with Crippen molar-refractivity contribution in [3.05, 3.63) is 4.91 Å². The molecule has 4 N–H and O–H groups in total. The second kappa shape index (κ2) is 2.74. The van der Waals surface area contributed by atoms with Crippen molar-refractivity contribution in [3.8, 4) is 0 Å². The van der Waals surface area contributed by atoms with Gasteiger partial charge in [0.2, 0.25) is 0 Å². The average molecular weight is 177 g/mol. The largest absolute Gasteiger partial charge is 0.391 e. The summed E-state index contributed by atoms with van der Waals surface area (Å²) in [5.74, 6) is 0. The Kier molecular flexibility index (Phi) is 2.17. The van der Waals surface area contributed by atoms with E-state index in [0.29, 0.717) is 0 Å². The van der Waals surface area contributed by atoms with Crippen molar-refractivity contribution < 1.29 is 20.4 Å². The Morgan fingerprint density at radius 3 is 1.92 bits per heavy atom. The van der Waals surface area contributed by atoms with Gasteiger partial charge in [0.15, 0.2) is 6.04 Å². The van der Waals surface area contributed by atoms with Crippen LogP contribution in [-0.2, 0) is 0 Å². The Balaban J connectivity index is 2.75. The molecule has 4 atom stereocenters. The lowest BCUT2D eigenvalue weighted by atomic mass is 10.0. The summed E-state index contributed by atoms with van der Waals surface area (Å²) in [5.41, 5.74) is -1.96. The molecule has 4 unspecified atom stereocenters. The molecule has 0 heterocycles. The zero-order chi connectivity index (χ0) is 9.52. The van der Waals surface area contributed by atoms with E-state index in [9.17, 15) is 10.0 Å². The SMILES string of the molecule is CC(O)C(N=O)C1(O)C(O)C1O. The molecule has 0 aromatic carbocycles. The molecule has 6 heteroatoms. The maximum atomic E-state index is 10.1. The van der Waals surface area contributed by atoms with Crippen molar-refractivity contribution in [2.75, 3.05) is 0 Å². The number of hydrogen-bond acceptors (Lipinski definition) is 6. The fourth-order valence-corrected chi connectivity index (χ4v) is 1.27. The molecular weight excluding hydrogens is 166 g/mol. The van der Waals surface area contributed by atoms with E-state index in [1.54, 1.807) is 0 Å².